The van der Waals surface area contributed by atoms with Gasteiger partial charge >= 0.3 is 0 Å². The van der Waals surface area contributed by atoms with Gasteiger partial charge in [-0.1, -0.05) is 6.07 Å². The van der Waals surface area contributed by atoms with E-state index in [0.717, 1.165) is 36.6 Å². The van der Waals surface area contributed by atoms with Crippen LogP contribution in [0.1, 0.15) is 12.5 Å². The molecular formula is C13H17N3O2. The van der Waals surface area contributed by atoms with Crippen LogP contribution in [0.2, 0.25) is 0 Å². The minimum absolute atomic E-state index is 0.0977. The second-order valence-electron chi connectivity index (χ2n) is 4.98. The fraction of sp³-hybridized carbons (Fsp3) is 0.462. The van der Waals surface area contributed by atoms with Gasteiger partial charge in [0.1, 0.15) is 5.75 Å². The number of benzene rings is 1. The number of ether oxygens (including phenoxy) is 1. The molecule has 0 bridgehead atoms. The van der Waals surface area contributed by atoms with Gasteiger partial charge in [0.05, 0.1) is 11.2 Å². The maximum atomic E-state index is 11.3. The zero-order valence-electron chi connectivity index (χ0n) is 10.4. The van der Waals surface area contributed by atoms with E-state index in [2.05, 4.69) is 28.9 Å². The van der Waals surface area contributed by atoms with E-state index in [1.165, 1.54) is 0 Å². The van der Waals surface area contributed by atoms with E-state index in [-0.39, 0.29) is 18.1 Å². The van der Waals surface area contributed by atoms with E-state index >= 15 is 0 Å². The van der Waals surface area contributed by atoms with Gasteiger partial charge in [-0.25, -0.2) is 0 Å². The Bertz CT molecular complexity index is 481. The molecule has 0 radical (unpaired) electrons. The molecule has 2 aliphatic rings. The number of anilines is 1. The van der Waals surface area contributed by atoms with E-state index < -0.39 is 0 Å². The normalized spacial score (nSPS) is 27.1. The van der Waals surface area contributed by atoms with Gasteiger partial charge in [-0.2, -0.15) is 0 Å². The van der Waals surface area contributed by atoms with Gasteiger partial charge in [-0.05, 0) is 24.6 Å². The lowest BCUT2D eigenvalue weighted by atomic mass is 9.90. The first-order valence-corrected chi connectivity index (χ1v) is 6.20. The van der Waals surface area contributed by atoms with Gasteiger partial charge in [0.15, 0.2) is 6.61 Å². The smallest absolute Gasteiger partial charge is 0.262 e. The van der Waals surface area contributed by atoms with E-state index in [1.54, 1.807) is 0 Å². The summed E-state index contributed by atoms with van der Waals surface area (Å²) in [6.07, 6.45) is 0. The third kappa shape index (κ3) is 1.95. The van der Waals surface area contributed by atoms with Crippen LogP contribution < -0.4 is 20.7 Å². The van der Waals surface area contributed by atoms with E-state index in [0.29, 0.717) is 0 Å². The molecule has 0 spiro atoms. The van der Waals surface area contributed by atoms with Crippen LogP contribution in [0.4, 0.5) is 5.69 Å². The number of piperazine rings is 1. The summed E-state index contributed by atoms with van der Waals surface area (Å²) in [5, 5.41) is 9.74. The first kappa shape index (κ1) is 11.5. The van der Waals surface area contributed by atoms with Crippen molar-refractivity contribution >= 4 is 11.6 Å². The van der Waals surface area contributed by atoms with Crippen molar-refractivity contribution in [2.24, 2.45) is 0 Å². The molecule has 18 heavy (non-hydrogen) atoms. The second-order valence-corrected chi connectivity index (χ2v) is 4.98. The molecule has 1 fully saturated rings. The molecule has 1 amide bonds. The van der Waals surface area contributed by atoms with E-state index in [4.69, 9.17) is 4.74 Å². The topological polar surface area (TPSA) is 62.4 Å². The minimum atomic E-state index is -0.102. The SMILES string of the molecule is CC1(c2ccc3c(c2)NC(=O)CO3)CNCCN1. The van der Waals surface area contributed by atoms with Crippen LogP contribution in [0.5, 0.6) is 5.75 Å². The summed E-state index contributed by atoms with van der Waals surface area (Å²) in [5.74, 6) is 0.644. The van der Waals surface area contributed by atoms with Crippen LogP contribution in [0.3, 0.4) is 0 Å². The van der Waals surface area contributed by atoms with E-state index in [9.17, 15) is 4.79 Å². The highest BCUT2D eigenvalue weighted by molar-refractivity contribution is 5.95. The monoisotopic (exact) mass is 247 g/mol. The Morgan fingerprint density at radius 2 is 2.22 bits per heavy atom. The molecule has 1 unspecified atom stereocenters. The third-order valence-electron chi connectivity index (χ3n) is 3.55. The van der Waals surface area contributed by atoms with Crippen LogP contribution in [-0.4, -0.2) is 32.1 Å². The first-order valence-electron chi connectivity index (χ1n) is 6.20. The number of rotatable bonds is 1. The van der Waals surface area contributed by atoms with Crippen LogP contribution in [0.25, 0.3) is 0 Å². The van der Waals surface area contributed by atoms with Crippen molar-refractivity contribution < 1.29 is 9.53 Å². The number of carbonyl (C=O) groups excluding carboxylic acids is 1. The molecule has 5 nitrogen and oxygen atoms in total. The lowest BCUT2D eigenvalue weighted by Crippen LogP contribution is -2.55. The maximum Gasteiger partial charge on any atom is 0.262 e. The quantitative estimate of drug-likeness (QED) is 0.673. The van der Waals surface area contributed by atoms with Crippen LogP contribution in [-0.2, 0) is 10.3 Å². The predicted molar refractivity (Wildman–Crippen MR) is 68.8 cm³/mol. The molecule has 0 aliphatic carbocycles. The van der Waals surface area contributed by atoms with Crippen molar-refractivity contribution in [1.29, 1.82) is 0 Å². The average molecular weight is 247 g/mol. The summed E-state index contributed by atoms with van der Waals surface area (Å²) < 4.78 is 5.36. The lowest BCUT2D eigenvalue weighted by molar-refractivity contribution is -0.118. The summed E-state index contributed by atoms with van der Waals surface area (Å²) in [7, 11) is 0. The molecule has 1 aromatic carbocycles. The predicted octanol–water partition coefficient (Wildman–Crippen LogP) is 0.425. The number of hydrogen-bond acceptors (Lipinski definition) is 4. The molecule has 3 rings (SSSR count). The summed E-state index contributed by atoms with van der Waals surface area (Å²) in [6, 6.07) is 5.97. The maximum absolute atomic E-state index is 11.3. The van der Waals surface area contributed by atoms with Crippen molar-refractivity contribution in [3.63, 3.8) is 0 Å². The first-order chi connectivity index (χ1) is 8.67. The minimum Gasteiger partial charge on any atom is -0.482 e. The number of hydrogen-bond donors (Lipinski definition) is 3. The summed E-state index contributed by atoms with van der Waals surface area (Å²) in [6.45, 7) is 5.06. The van der Waals surface area contributed by atoms with Crippen molar-refractivity contribution in [3.05, 3.63) is 23.8 Å². The van der Waals surface area contributed by atoms with Gasteiger partial charge in [-0.15, -0.1) is 0 Å². The Morgan fingerprint density at radius 1 is 1.33 bits per heavy atom. The zero-order chi connectivity index (χ0) is 12.6. The summed E-state index contributed by atoms with van der Waals surface area (Å²) in [4.78, 5) is 11.3. The Balaban J connectivity index is 1.93. The van der Waals surface area contributed by atoms with Gasteiger partial charge in [0, 0.05) is 19.6 Å². The Hall–Kier alpha value is -1.59. The summed E-state index contributed by atoms with van der Waals surface area (Å²) >= 11 is 0. The molecular weight excluding hydrogens is 230 g/mol. The van der Waals surface area contributed by atoms with Gasteiger partial charge in [0.25, 0.3) is 5.91 Å². The Kier molecular flexibility index (Phi) is 2.72. The highest BCUT2D eigenvalue weighted by Gasteiger charge is 2.29. The standard InChI is InChI=1S/C13H17N3O2/c1-13(8-14-4-5-15-13)9-2-3-11-10(6-9)16-12(17)7-18-11/h2-3,6,14-15H,4-5,7-8H2,1H3,(H,16,17). The van der Waals surface area contributed by atoms with Crippen molar-refractivity contribution in [1.82, 2.24) is 10.6 Å². The van der Waals surface area contributed by atoms with Crippen LogP contribution >= 0.6 is 0 Å². The van der Waals surface area contributed by atoms with Crippen LogP contribution in [0, 0.1) is 0 Å². The molecule has 3 N–H and O–H groups in total. The molecule has 2 aliphatic heterocycles. The molecule has 1 saturated heterocycles. The van der Waals surface area contributed by atoms with Crippen molar-refractivity contribution in [3.8, 4) is 5.75 Å². The highest BCUT2D eigenvalue weighted by Crippen LogP contribution is 2.32. The number of amides is 1. The highest BCUT2D eigenvalue weighted by atomic mass is 16.5. The molecule has 1 atom stereocenters. The van der Waals surface area contributed by atoms with E-state index in [1.807, 2.05) is 12.1 Å². The number of nitrogens with one attached hydrogen (secondary N) is 3. The zero-order valence-corrected chi connectivity index (χ0v) is 10.4. The van der Waals surface area contributed by atoms with Crippen molar-refractivity contribution in [2.45, 2.75) is 12.5 Å². The third-order valence-corrected chi connectivity index (χ3v) is 3.55. The molecule has 5 heteroatoms. The van der Waals surface area contributed by atoms with Gasteiger partial charge in [-0.3, -0.25) is 4.79 Å². The lowest BCUT2D eigenvalue weighted by Gasteiger charge is -2.36. The average Bonchev–Trinajstić information content (AvgIpc) is 2.38. The molecule has 1 aromatic rings. The number of fused-ring (bicyclic) bond motifs is 1. The Labute approximate surface area is 106 Å². The van der Waals surface area contributed by atoms with Crippen molar-refractivity contribution in [2.75, 3.05) is 31.6 Å². The fourth-order valence-electron chi connectivity index (χ4n) is 2.46. The molecule has 0 saturated carbocycles. The van der Waals surface area contributed by atoms with Gasteiger partial charge in [0.2, 0.25) is 0 Å². The Morgan fingerprint density at radius 3 is 3.00 bits per heavy atom. The fourth-order valence-corrected chi connectivity index (χ4v) is 2.46. The van der Waals surface area contributed by atoms with Crippen LogP contribution in [0.15, 0.2) is 18.2 Å². The molecule has 96 valence electrons. The molecule has 2 heterocycles. The number of carbonyl (C=O) groups is 1. The largest absolute Gasteiger partial charge is 0.482 e. The molecule has 0 aromatic heterocycles. The second kappa shape index (κ2) is 4.26. The van der Waals surface area contributed by atoms with Gasteiger partial charge < -0.3 is 20.7 Å². The summed E-state index contributed by atoms with van der Waals surface area (Å²) in [5.41, 5.74) is 1.81.